The molecular formula is C20H21NO2S. The molecule has 0 bridgehead atoms. The van der Waals surface area contributed by atoms with E-state index in [-0.39, 0.29) is 12.5 Å². The Bertz CT molecular complexity index is 765. The van der Waals surface area contributed by atoms with Gasteiger partial charge in [0.2, 0.25) is 0 Å². The summed E-state index contributed by atoms with van der Waals surface area (Å²) in [7, 11) is 0. The molecule has 0 fully saturated rings. The first-order chi connectivity index (χ1) is 11.7. The number of aliphatic carboxylic acids is 1. The lowest BCUT2D eigenvalue weighted by atomic mass is 10.0. The molecule has 4 heteroatoms. The molecule has 0 amide bonds. The van der Waals surface area contributed by atoms with Crippen molar-refractivity contribution in [2.75, 3.05) is 0 Å². The number of carboxylic acids is 1. The maximum Gasteiger partial charge on any atom is 0.303 e. The summed E-state index contributed by atoms with van der Waals surface area (Å²) in [5.74, 6) is -0.739. The van der Waals surface area contributed by atoms with E-state index >= 15 is 0 Å². The predicted octanol–water partition coefficient (Wildman–Crippen LogP) is 4.47. The van der Waals surface area contributed by atoms with Gasteiger partial charge in [-0.3, -0.25) is 4.79 Å². The Morgan fingerprint density at radius 2 is 1.83 bits per heavy atom. The Morgan fingerprint density at radius 1 is 1.08 bits per heavy atom. The van der Waals surface area contributed by atoms with E-state index in [0.29, 0.717) is 6.42 Å². The summed E-state index contributed by atoms with van der Waals surface area (Å²) in [5.41, 5.74) is 1.23. The van der Waals surface area contributed by atoms with Crippen molar-refractivity contribution in [2.24, 2.45) is 0 Å². The van der Waals surface area contributed by atoms with Crippen LogP contribution in [0.15, 0.2) is 60.7 Å². The van der Waals surface area contributed by atoms with Gasteiger partial charge in [-0.2, -0.15) is 0 Å². The van der Waals surface area contributed by atoms with Gasteiger partial charge in [-0.15, -0.1) is 11.3 Å². The Labute approximate surface area is 146 Å². The van der Waals surface area contributed by atoms with Gasteiger partial charge in [0.25, 0.3) is 0 Å². The summed E-state index contributed by atoms with van der Waals surface area (Å²) in [4.78, 5) is 12.2. The number of carbonyl (C=O) groups is 1. The Kier molecular flexibility index (Phi) is 5.62. The van der Waals surface area contributed by atoms with E-state index in [1.54, 1.807) is 11.3 Å². The zero-order chi connectivity index (χ0) is 16.8. The van der Waals surface area contributed by atoms with Gasteiger partial charge >= 0.3 is 5.97 Å². The van der Waals surface area contributed by atoms with E-state index < -0.39 is 5.97 Å². The first-order valence-corrected chi connectivity index (χ1v) is 8.99. The zero-order valence-electron chi connectivity index (χ0n) is 13.4. The fourth-order valence-corrected chi connectivity index (χ4v) is 3.86. The van der Waals surface area contributed by atoms with Crippen molar-refractivity contribution < 1.29 is 9.90 Å². The van der Waals surface area contributed by atoms with Crippen molar-refractivity contribution in [2.45, 2.75) is 31.8 Å². The van der Waals surface area contributed by atoms with Gasteiger partial charge < -0.3 is 10.4 Å². The Hall–Kier alpha value is -2.17. The van der Waals surface area contributed by atoms with Crippen molar-refractivity contribution in [1.82, 2.24) is 5.32 Å². The molecule has 0 saturated carbocycles. The number of benzene rings is 2. The fraction of sp³-hybridized carbons (Fsp3) is 0.250. The lowest BCUT2D eigenvalue weighted by molar-refractivity contribution is -0.137. The molecule has 0 saturated heterocycles. The van der Waals surface area contributed by atoms with Crippen LogP contribution in [0.1, 0.15) is 23.3 Å². The van der Waals surface area contributed by atoms with Crippen LogP contribution in [0.4, 0.5) is 0 Å². The molecule has 124 valence electrons. The number of nitrogens with one attached hydrogen (secondary N) is 1. The molecule has 2 N–H and O–H groups in total. The van der Waals surface area contributed by atoms with E-state index in [2.05, 4.69) is 47.8 Å². The van der Waals surface area contributed by atoms with Crippen molar-refractivity contribution in [3.8, 4) is 0 Å². The number of carboxylic acid groups (broad SMARTS) is 1. The Morgan fingerprint density at radius 3 is 2.58 bits per heavy atom. The van der Waals surface area contributed by atoms with Gasteiger partial charge in [0.15, 0.2) is 0 Å². The summed E-state index contributed by atoms with van der Waals surface area (Å²) in [5, 5.41) is 13.8. The zero-order valence-corrected chi connectivity index (χ0v) is 14.3. The molecule has 3 nitrogen and oxygen atoms in total. The first kappa shape index (κ1) is 16.7. The van der Waals surface area contributed by atoms with Crippen molar-refractivity contribution in [3.63, 3.8) is 0 Å². The largest absolute Gasteiger partial charge is 0.481 e. The van der Waals surface area contributed by atoms with E-state index in [4.69, 9.17) is 5.11 Å². The standard InChI is InChI=1S/C20H21NO2S/c22-20(23)11-10-17(12-15-6-2-1-3-7-15)21-14-18-13-16-8-4-5-9-19(16)24-18/h1-9,13,17,21H,10-12,14H2,(H,22,23). The summed E-state index contributed by atoms with van der Waals surface area (Å²) in [6.45, 7) is 0.774. The second-order valence-electron chi connectivity index (χ2n) is 5.95. The lowest BCUT2D eigenvalue weighted by Crippen LogP contribution is -2.31. The molecular weight excluding hydrogens is 318 g/mol. The molecule has 1 heterocycles. The lowest BCUT2D eigenvalue weighted by Gasteiger charge is -2.17. The number of hydrogen-bond donors (Lipinski definition) is 2. The fourth-order valence-electron chi connectivity index (χ4n) is 2.84. The van der Waals surface area contributed by atoms with Crippen LogP contribution in [-0.4, -0.2) is 17.1 Å². The molecule has 3 aromatic rings. The van der Waals surface area contributed by atoms with Gasteiger partial charge in [-0.1, -0.05) is 48.5 Å². The minimum absolute atomic E-state index is 0.161. The quantitative estimate of drug-likeness (QED) is 0.637. The molecule has 0 radical (unpaired) electrons. The Balaban J connectivity index is 1.64. The van der Waals surface area contributed by atoms with Gasteiger partial charge in [0, 0.05) is 28.6 Å². The smallest absolute Gasteiger partial charge is 0.303 e. The molecule has 1 unspecified atom stereocenters. The average molecular weight is 339 g/mol. The third kappa shape index (κ3) is 4.66. The number of rotatable bonds is 8. The van der Waals surface area contributed by atoms with Crippen LogP contribution in [0.5, 0.6) is 0 Å². The molecule has 24 heavy (non-hydrogen) atoms. The highest BCUT2D eigenvalue weighted by molar-refractivity contribution is 7.19. The SMILES string of the molecule is O=C(O)CCC(Cc1ccccc1)NCc1cc2ccccc2s1. The van der Waals surface area contributed by atoms with Crippen molar-refractivity contribution >= 4 is 27.4 Å². The van der Waals surface area contributed by atoms with Crippen molar-refractivity contribution in [1.29, 1.82) is 0 Å². The molecule has 0 spiro atoms. The van der Waals surface area contributed by atoms with E-state index in [0.717, 1.165) is 13.0 Å². The molecule has 3 rings (SSSR count). The van der Waals surface area contributed by atoms with Gasteiger partial charge in [0.05, 0.1) is 0 Å². The number of fused-ring (bicyclic) bond motifs is 1. The highest BCUT2D eigenvalue weighted by Gasteiger charge is 2.12. The molecule has 1 aromatic heterocycles. The molecule has 1 atom stereocenters. The van der Waals surface area contributed by atoms with Crippen LogP contribution in [-0.2, 0) is 17.8 Å². The van der Waals surface area contributed by atoms with E-state index in [9.17, 15) is 4.79 Å². The van der Waals surface area contributed by atoms with Crippen LogP contribution >= 0.6 is 11.3 Å². The minimum Gasteiger partial charge on any atom is -0.481 e. The summed E-state index contributed by atoms with van der Waals surface area (Å²) in [6.07, 6.45) is 1.67. The van der Waals surface area contributed by atoms with Crippen LogP contribution < -0.4 is 5.32 Å². The predicted molar refractivity (Wildman–Crippen MR) is 99.5 cm³/mol. The average Bonchev–Trinajstić information content (AvgIpc) is 3.01. The summed E-state index contributed by atoms with van der Waals surface area (Å²) >= 11 is 1.79. The van der Waals surface area contributed by atoms with Gasteiger partial charge in [0.1, 0.15) is 0 Å². The summed E-state index contributed by atoms with van der Waals surface area (Å²) in [6, 6.07) is 21.0. The molecule has 0 aliphatic rings. The van der Waals surface area contributed by atoms with E-state index in [1.807, 2.05) is 18.2 Å². The van der Waals surface area contributed by atoms with Crippen LogP contribution in [0.25, 0.3) is 10.1 Å². The van der Waals surface area contributed by atoms with Crippen LogP contribution in [0, 0.1) is 0 Å². The number of hydrogen-bond acceptors (Lipinski definition) is 3. The monoisotopic (exact) mass is 339 g/mol. The topological polar surface area (TPSA) is 49.3 Å². The highest BCUT2D eigenvalue weighted by atomic mass is 32.1. The molecule has 2 aromatic carbocycles. The normalized spacial score (nSPS) is 12.3. The molecule has 0 aliphatic carbocycles. The van der Waals surface area contributed by atoms with Crippen LogP contribution in [0.2, 0.25) is 0 Å². The van der Waals surface area contributed by atoms with Gasteiger partial charge in [-0.05, 0) is 35.9 Å². The van der Waals surface area contributed by atoms with Gasteiger partial charge in [-0.25, -0.2) is 0 Å². The highest BCUT2D eigenvalue weighted by Crippen LogP contribution is 2.25. The van der Waals surface area contributed by atoms with E-state index in [1.165, 1.54) is 20.5 Å². The number of thiophene rings is 1. The third-order valence-corrected chi connectivity index (χ3v) is 5.19. The first-order valence-electron chi connectivity index (χ1n) is 8.17. The minimum atomic E-state index is -0.739. The maximum atomic E-state index is 10.9. The second kappa shape index (κ2) is 8.08. The van der Waals surface area contributed by atoms with Crippen molar-refractivity contribution in [3.05, 3.63) is 71.1 Å². The summed E-state index contributed by atoms with van der Waals surface area (Å²) < 4.78 is 1.29. The van der Waals surface area contributed by atoms with Crippen LogP contribution in [0.3, 0.4) is 0 Å². The second-order valence-corrected chi connectivity index (χ2v) is 7.12. The maximum absolute atomic E-state index is 10.9. The third-order valence-electron chi connectivity index (χ3n) is 4.07. The molecule has 0 aliphatic heterocycles.